The van der Waals surface area contributed by atoms with Crippen molar-refractivity contribution in [3.8, 4) is 5.75 Å². The van der Waals surface area contributed by atoms with Gasteiger partial charge in [-0.2, -0.15) is 0 Å². The van der Waals surface area contributed by atoms with Gasteiger partial charge in [0.15, 0.2) is 6.61 Å². The molecular weight excluding hydrogens is 420 g/mol. The Balaban J connectivity index is 1.40. The summed E-state index contributed by atoms with van der Waals surface area (Å²) >= 11 is 11.5. The summed E-state index contributed by atoms with van der Waals surface area (Å²) in [7, 11) is 0. The van der Waals surface area contributed by atoms with Crippen LogP contribution >= 0.6 is 23.2 Å². The van der Waals surface area contributed by atoms with Gasteiger partial charge in [-0.3, -0.25) is 9.59 Å². The minimum atomic E-state index is -0.608. The van der Waals surface area contributed by atoms with Gasteiger partial charge < -0.3 is 20.7 Å². The molecule has 29 heavy (non-hydrogen) atoms. The largest absolute Gasteiger partial charge is 0.484 e. The lowest BCUT2D eigenvalue weighted by molar-refractivity contribution is -0.124. The van der Waals surface area contributed by atoms with Gasteiger partial charge in [0, 0.05) is 29.4 Å². The van der Waals surface area contributed by atoms with Gasteiger partial charge in [-0.05, 0) is 43.2 Å². The van der Waals surface area contributed by atoms with Crippen LogP contribution in [-0.4, -0.2) is 37.0 Å². The third-order valence-electron chi connectivity index (χ3n) is 4.45. The Kier molecular flexibility index (Phi) is 7.30. The molecule has 3 rings (SSSR count). The van der Waals surface area contributed by atoms with Crippen molar-refractivity contribution < 1.29 is 18.7 Å². The number of halogens is 3. The standard InChI is InChI=1S/C20H20Cl2FN3O3/c21-12-2-1-3-13(8-12)26-20(28)18-7-4-14(10-24-18)25-19(27)11-29-15-5-6-16(22)17(23)9-15/h1-3,5-6,8-9,14,18,24H,4,7,10-11H2,(H,25,27)(H,26,28). The maximum absolute atomic E-state index is 13.4. The molecule has 2 aromatic rings. The number of rotatable bonds is 6. The van der Waals surface area contributed by atoms with Crippen molar-refractivity contribution in [3.05, 3.63) is 58.3 Å². The summed E-state index contributed by atoms with van der Waals surface area (Å²) in [6.45, 7) is 0.213. The molecule has 6 nitrogen and oxygen atoms in total. The molecule has 9 heteroatoms. The van der Waals surface area contributed by atoms with E-state index in [1.54, 1.807) is 24.3 Å². The van der Waals surface area contributed by atoms with Gasteiger partial charge >= 0.3 is 0 Å². The minimum absolute atomic E-state index is 0.0102. The van der Waals surface area contributed by atoms with Crippen LogP contribution in [0.25, 0.3) is 0 Å². The van der Waals surface area contributed by atoms with Crippen LogP contribution in [0, 0.1) is 5.82 Å². The maximum atomic E-state index is 13.4. The van der Waals surface area contributed by atoms with Crippen LogP contribution in [0.5, 0.6) is 5.75 Å². The van der Waals surface area contributed by atoms with E-state index in [0.717, 1.165) is 6.07 Å². The van der Waals surface area contributed by atoms with Crippen LogP contribution in [0.4, 0.5) is 10.1 Å². The second-order valence-electron chi connectivity index (χ2n) is 6.67. The Hall–Kier alpha value is -2.35. The average Bonchev–Trinajstić information content (AvgIpc) is 2.69. The van der Waals surface area contributed by atoms with Gasteiger partial charge in [0.2, 0.25) is 5.91 Å². The predicted octanol–water partition coefficient (Wildman–Crippen LogP) is 3.39. The highest BCUT2D eigenvalue weighted by molar-refractivity contribution is 6.31. The van der Waals surface area contributed by atoms with Crippen LogP contribution < -0.4 is 20.7 Å². The summed E-state index contributed by atoms with van der Waals surface area (Å²) in [6.07, 6.45) is 1.21. The Morgan fingerprint density at radius 3 is 2.69 bits per heavy atom. The van der Waals surface area contributed by atoms with E-state index in [0.29, 0.717) is 30.1 Å². The van der Waals surface area contributed by atoms with Gasteiger partial charge in [-0.25, -0.2) is 4.39 Å². The molecule has 2 aromatic carbocycles. The number of hydrogen-bond donors (Lipinski definition) is 3. The first-order valence-electron chi connectivity index (χ1n) is 9.08. The third kappa shape index (κ3) is 6.32. The Morgan fingerprint density at radius 1 is 1.17 bits per heavy atom. The normalized spacial score (nSPS) is 18.7. The highest BCUT2D eigenvalue weighted by atomic mass is 35.5. The molecule has 0 aromatic heterocycles. The molecule has 0 radical (unpaired) electrons. The number of piperidine rings is 1. The second kappa shape index (κ2) is 9.91. The minimum Gasteiger partial charge on any atom is -0.484 e. The molecular formula is C20H20Cl2FN3O3. The summed E-state index contributed by atoms with van der Waals surface area (Å²) in [6, 6.07) is 10.4. The Bertz CT molecular complexity index is 889. The monoisotopic (exact) mass is 439 g/mol. The van der Waals surface area contributed by atoms with E-state index < -0.39 is 5.82 Å². The zero-order chi connectivity index (χ0) is 20.8. The second-order valence-corrected chi connectivity index (χ2v) is 7.51. The Morgan fingerprint density at radius 2 is 2.00 bits per heavy atom. The number of ether oxygens (including phenoxy) is 1. The molecule has 2 amide bonds. The molecule has 2 atom stereocenters. The van der Waals surface area contributed by atoms with E-state index in [4.69, 9.17) is 27.9 Å². The topological polar surface area (TPSA) is 79.5 Å². The van der Waals surface area contributed by atoms with Crippen LogP contribution in [0.15, 0.2) is 42.5 Å². The number of nitrogens with one attached hydrogen (secondary N) is 3. The number of hydrogen-bond acceptors (Lipinski definition) is 4. The maximum Gasteiger partial charge on any atom is 0.258 e. The van der Waals surface area contributed by atoms with Crippen LogP contribution in [0.3, 0.4) is 0 Å². The highest BCUT2D eigenvalue weighted by Gasteiger charge is 2.26. The Labute approximate surface area is 177 Å². The first-order chi connectivity index (χ1) is 13.9. The van der Waals surface area contributed by atoms with E-state index in [2.05, 4.69) is 16.0 Å². The van der Waals surface area contributed by atoms with E-state index >= 15 is 0 Å². The summed E-state index contributed by atoms with van der Waals surface area (Å²) in [5.41, 5.74) is 0.635. The number of amides is 2. The molecule has 2 unspecified atom stereocenters. The van der Waals surface area contributed by atoms with Gasteiger partial charge in [0.05, 0.1) is 11.1 Å². The molecule has 1 saturated heterocycles. The van der Waals surface area contributed by atoms with Crippen molar-refractivity contribution >= 4 is 40.7 Å². The van der Waals surface area contributed by atoms with E-state index in [1.807, 2.05) is 0 Å². The smallest absolute Gasteiger partial charge is 0.258 e. The summed E-state index contributed by atoms with van der Waals surface area (Å²) < 4.78 is 18.7. The highest BCUT2D eigenvalue weighted by Crippen LogP contribution is 2.20. The van der Waals surface area contributed by atoms with E-state index in [-0.39, 0.29) is 41.3 Å². The van der Waals surface area contributed by atoms with Gasteiger partial charge in [0.25, 0.3) is 5.91 Å². The van der Waals surface area contributed by atoms with Crippen LogP contribution in [-0.2, 0) is 9.59 Å². The lowest BCUT2D eigenvalue weighted by Crippen LogP contribution is -2.53. The fourth-order valence-electron chi connectivity index (χ4n) is 2.98. The molecule has 1 aliphatic heterocycles. The third-order valence-corrected chi connectivity index (χ3v) is 4.99. The molecule has 0 bridgehead atoms. The SMILES string of the molecule is O=C(COc1ccc(Cl)c(F)c1)NC1CCC(C(=O)Nc2cccc(Cl)c2)NC1. The van der Waals surface area contributed by atoms with Gasteiger partial charge in [0.1, 0.15) is 11.6 Å². The molecule has 3 N–H and O–H groups in total. The van der Waals surface area contributed by atoms with Crippen LogP contribution in [0.2, 0.25) is 10.0 Å². The van der Waals surface area contributed by atoms with Gasteiger partial charge in [-0.15, -0.1) is 0 Å². The van der Waals surface area contributed by atoms with Gasteiger partial charge in [-0.1, -0.05) is 29.3 Å². The molecule has 154 valence electrons. The van der Waals surface area contributed by atoms with Crippen molar-refractivity contribution in [2.45, 2.75) is 24.9 Å². The first kappa shape index (κ1) is 21.4. The van der Waals surface area contributed by atoms with Crippen molar-refractivity contribution in [1.82, 2.24) is 10.6 Å². The number of benzene rings is 2. The van der Waals surface area contributed by atoms with Crippen molar-refractivity contribution in [1.29, 1.82) is 0 Å². The molecule has 0 aliphatic carbocycles. The van der Waals surface area contributed by atoms with Crippen molar-refractivity contribution in [3.63, 3.8) is 0 Å². The summed E-state index contributed by atoms with van der Waals surface area (Å²) in [5, 5.41) is 9.33. The summed E-state index contributed by atoms with van der Waals surface area (Å²) in [5.74, 6) is -0.858. The van der Waals surface area contributed by atoms with E-state index in [1.165, 1.54) is 12.1 Å². The number of carbonyl (C=O) groups is 2. The lowest BCUT2D eigenvalue weighted by atomic mass is 10.00. The molecule has 1 aliphatic rings. The van der Waals surface area contributed by atoms with Crippen molar-refractivity contribution in [2.75, 3.05) is 18.5 Å². The average molecular weight is 440 g/mol. The molecule has 1 fully saturated rings. The fraction of sp³-hybridized carbons (Fsp3) is 0.300. The lowest BCUT2D eigenvalue weighted by Gasteiger charge is -2.29. The zero-order valence-corrected chi connectivity index (χ0v) is 16.9. The zero-order valence-electron chi connectivity index (χ0n) is 15.4. The molecule has 0 saturated carbocycles. The van der Waals surface area contributed by atoms with E-state index in [9.17, 15) is 14.0 Å². The number of anilines is 1. The summed E-state index contributed by atoms with van der Waals surface area (Å²) in [4.78, 5) is 24.4. The first-order valence-corrected chi connectivity index (χ1v) is 9.83. The predicted molar refractivity (Wildman–Crippen MR) is 110 cm³/mol. The molecule has 1 heterocycles. The number of carbonyl (C=O) groups excluding carboxylic acids is 2. The molecule has 0 spiro atoms. The quantitative estimate of drug-likeness (QED) is 0.644. The van der Waals surface area contributed by atoms with Crippen LogP contribution in [0.1, 0.15) is 12.8 Å². The van der Waals surface area contributed by atoms with Crippen molar-refractivity contribution in [2.24, 2.45) is 0 Å². The fourth-order valence-corrected chi connectivity index (χ4v) is 3.29.